The smallest absolute Gasteiger partial charge is 0.324 e. The Kier molecular flexibility index (Phi) is 4.11. The summed E-state index contributed by atoms with van der Waals surface area (Å²) in [5.74, 6) is -0.317. The molecule has 1 heterocycles. The van der Waals surface area contributed by atoms with Gasteiger partial charge in [-0.05, 0) is 25.7 Å². The fourth-order valence-corrected chi connectivity index (χ4v) is 1.74. The number of carboxylic acids is 1. The molecule has 0 radical (unpaired) electrons. The van der Waals surface area contributed by atoms with Crippen LogP contribution in [0.4, 0.5) is 0 Å². The third-order valence-electron chi connectivity index (χ3n) is 3.26. The van der Waals surface area contributed by atoms with Crippen LogP contribution in [-0.2, 0) is 9.53 Å². The van der Waals surface area contributed by atoms with Crippen LogP contribution in [-0.4, -0.2) is 35.9 Å². The monoisotopic (exact) mass is 215 g/mol. The summed E-state index contributed by atoms with van der Waals surface area (Å²) < 4.78 is 5.21. The summed E-state index contributed by atoms with van der Waals surface area (Å²) in [6.07, 6.45) is 1.11. The van der Waals surface area contributed by atoms with E-state index in [2.05, 4.69) is 19.2 Å². The van der Waals surface area contributed by atoms with Crippen LogP contribution in [0.2, 0.25) is 0 Å². The van der Waals surface area contributed by atoms with Gasteiger partial charge in [0.05, 0.1) is 0 Å². The van der Waals surface area contributed by atoms with Gasteiger partial charge < -0.3 is 9.84 Å². The lowest BCUT2D eigenvalue weighted by atomic mass is 9.88. The van der Waals surface area contributed by atoms with Crippen molar-refractivity contribution >= 4 is 5.97 Å². The zero-order valence-corrected chi connectivity index (χ0v) is 9.75. The first-order valence-electron chi connectivity index (χ1n) is 5.57. The second-order valence-electron chi connectivity index (χ2n) is 4.68. The van der Waals surface area contributed by atoms with Crippen molar-refractivity contribution in [3.05, 3.63) is 0 Å². The highest BCUT2D eigenvalue weighted by Gasteiger charge is 2.41. The number of carboxylic acid groups (broad SMARTS) is 1. The van der Waals surface area contributed by atoms with Gasteiger partial charge in [0.25, 0.3) is 0 Å². The minimum Gasteiger partial charge on any atom is -0.480 e. The molecule has 1 aliphatic rings. The Morgan fingerprint density at radius 3 is 2.27 bits per heavy atom. The molecular formula is C11H21NO3. The minimum absolute atomic E-state index is 0.208. The molecule has 4 nitrogen and oxygen atoms in total. The van der Waals surface area contributed by atoms with Gasteiger partial charge in [-0.3, -0.25) is 10.1 Å². The highest BCUT2D eigenvalue weighted by Crippen LogP contribution is 2.22. The van der Waals surface area contributed by atoms with Gasteiger partial charge in [-0.2, -0.15) is 0 Å². The van der Waals surface area contributed by atoms with E-state index >= 15 is 0 Å². The summed E-state index contributed by atoms with van der Waals surface area (Å²) in [7, 11) is 0. The molecule has 1 saturated heterocycles. The Labute approximate surface area is 91.0 Å². The maximum absolute atomic E-state index is 11.3. The lowest BCUT2D eigenvalue weighted by molar-refractivity contribution is -0.149. The van der Waals surface area contributed by atoms with Crippen molar-refractivity contribution in [3.63, 3.8) is 0 Å². The normalized spacial score (nSPS) is 22.7. The Morgan fingerprint density at radius 2 is 1.87 bits per heavy atom. The van der Waals surface area contributed by atoms with Crippen molar-refractivity contribution in [2.45, 2.75) is 45.2 Å². The second kappa shape index (κ2) is 4.94. The Bertz CT molecular complexity index is 222. The summed E-state index contributed by atoms with van der Waals surface area (Å²) >= 11 is 0. The largest absolute Gasteiger partial charge is 0.480 e. The van der Waals surface area contributed by atoms with E-state index in [-0.39, 0.29) is 6.04 Å². The predicted octanol–water partition coefficient (Wildman–Crippen LogP) is 1.25. The fourth-order valence-electron chi connectivity index (χ4n) is 1.74. The summed E-state index contributed by atoms with van der Waals surface area (Å²) in [4.78, 5) is 11.3. The molecule has 0 aromatic carbocycles. The molecule has 1 unspecified atom stereocenters. The zero-order chi connectivity index (χ0) is 11.5. The van der Waals surface area contributed by atoms with Gasteiger partial charge in [-0.1, -0.05) is 13.8 Å². The molecule has 1 fully saturated rings. The molecule has 15 heavy (non-hydrogen) atoms. The molecule has 0 aliphatic carbocycles. The standard InChI is InChI=1S/C11H21NO3/c1-8(2)9(3)12-11(10(13)14)4-6-15-7-5-11/h8-9,12H,4-7H2,1-3H3,(H,13,14). The minimum atomic E-state index is -0.776. The van der Waals surface area contributed by atoms with Crippen molar-refractivity contribution in [3.8, 4) is 0 Å². The molecule has 1 rings (SSSR count). The van der Waals surface area contributed by atoms with Crippen LogP contribution in [0.25, 0.3) is 0 Å². The number of carbonyl (C=O) groups is 1. The first kappa shape index (κ1) is 12.5. The third-order valence-corrected chi connectivity index (χ3v) is 3.26. The summed E-state index contributed by atoms with van der Waals surface area (Å²) in [6, 6.07) is 0.208. The molecule has 0 amide bonds. The number of rotatable bonds is 4. The summed E-state index contributed by atoms with van der Waals surface area (Å²) in [5.41, 5.74) is -0.776. The van der Waals surface area contributed by atoms with Gasteiger partial charge in [-0.15, -0.1) is 0 Å². The van der Waals surface area contributed by atoms with E-state index in [0.29, 0.717) is 32.0 Å². The SMILES string of the molecule is CC(C)C(C)NC1(C(=O)O)CCOCC1. The predicted molar refractivity (Wildman–Crippen MR) is 57.9 cm³/mol. The molecule has 88 valence electrons. The lowest BCUT2D eigenvalue weighted by Gasteiger charge is -2.37. The molecule has 0 spiro atoms. The van der Waals surface area contributed by atoms with Gasteiger partial charge in [0, 0.05) is 19.3 Å². The van der Waals surface area contributed by atoms with Crippen molar-refractivity contribution in [1.29, 1.82) is 0 Å². The molecule has 2 N–H and O–H groups in total. The maximum Gasteiger partial charge on any atom is 0.324 e. The molecule has 4 heteroatoms. The average Bonchev–Trinajstić information content (AvgIpc) is 2.18. The molecular weight excluding hydrogens is 194 g/mol. The van der Waals surface area contributed by atoms with Crippen LogP contribution in [0.1, 0.15) is 33.6 Å². The van der Waals surface area contributed by atoms with Crippen molar-refractivity contribution in [1.82, 2.24) is 5.32 Å². The first-order valence-corrected chi connectivity index (χ1v) is 5.57. The van der Waals surface area contributed by atoms with Crippen LogP contribution in [0.3, 0.4) is 0 Å². The van der Waals surface area contributed by atoms with E-state index in [9.17, 15) is 9.90 Å². The van der Waals surface area contributed by atoms with E-state index in [1.54, 1.807) is 0 Å². The van der Waals surface area contributed by atoms with Crippen LogP contribution in [0.5, 0.6) is 0 Å². The molecule has 1 atom stereocenters. The molecule has 0 aromatic rings. The molecule has 0 aromatic heterocycles. The lowest BCUT2D eigenvalue weighted by Crippen LogP contribution is -2.59. The number of hydrogen-bond acceptors (Lipinski definition) is 3. The van der Waals surface area contributed by atoms with Gasteiger partial charge in [0.15, 0.2) is 0 Å². The van der Waals surface area contributed by atoms with E-state index < -0.39 is 11.5 Å². The van der Waals surface area contributed by atoms with E-state index in [1.807, 2.05) is 6.92 Å². The van der Waals surface area contributed by atoms with Crippen LogP contribution >= 0.6 is 0 Å². The van der Waals surface area contributed by atoms with Crippen LogP contribution < -0.4 is 5.32 Å². The Balaban J connectivity index is 2.68. The average molecular weight is 215 g/mol. The quantitative estimate of drug-likeness (QED) is 0.741. The summed E-state index contributed by atoms with van der Waals surface area (Å²) in [6.45, 7) is 7.28. The van der Waals surface area contributed by atoms with Gasteiger partial charge in [-0.25, -0.2) is 0 Å². The van der Waals surface area contributed by atoms with Crippen molar-refractivity contribution < 1.29 is 14.6 Å². The van der Waals surface area contributed by atoms with Crippen molar-refractivity contribution in [2.75, 3.05) is 13.2 Å². The topological polar surface area (TPSA) is 58.6 Å². The Morgan fingerprint density at radius 1 is 1.33 bits per heavy atom. The van der Waals surface area contributed by atoms with Crippen molar-refractivity contribution in [2.24, 2.45) is 5.92 Å². The van der Waals surface area contributed by atoms with Gasteiger partial charge in [0.1, 0.15) is 5.54 Å². The molecule has 1 aliphatic heterocycles. The maximum atomic E-state index is 11.3. The van der Waals surface area contributed by atoms with Gasteiger partial charge >= 0.3 is 5.97 Å². The van der Waals surface area contributed by atoms with E-state index in [4.69, 9.17) is 4.74 Å². The van der Waals surface area contributed by atoms with Gasteiger partial charge in [0.2, 0.25) is 0 Å². The third kappa shape index (κ3) is 2.92. The number of ether oxygens (including phenoxy) is 1. The second-order valence-corrected chi connectivity index (χ2v) is 4.68. The van der Waals surface area contributed by atoms with Crippen LogP contribution in [0, 0.1) is 5.92 Å². The zero-order valence-electron chi connectivity index (χ0n) is 9.75. The van der Waals surface area contributed by atoms with Crippen LogP contribution in [0.15, 0.2) is 0 Å². The number of hydrogen-bond donors (Lipinski definition) is 2. The number of aliphatic carboxylic acids is 1. The molecule has 0 saturated carbocycles. The first-order chi connectivity index (χ1) is 6.98. The molecule has 0 bridgehead atoms. The fraction of sp³-hybridized carbons (Fsp3) is 0.909. The number of nitrogens with one attached hydrogen (secondary N) is 1. The summed E-state index contributed by atoms with van der Waals surface area (Å²) in [5, 5.41) is 12.6. The van der Waals surface area contributed by atoms with E-state index in [0.717, 1.165) is 0 Å². The highest BCUT2D eigenvalue weighted by atomic mass is 16.5. The highest BCUT2D eigenvalue weighted by molar-refractivity contribution is 5.79. The van der Waals surface area contributed by atoms with E-state index in [1.165, 1.54) is 0 Å². The Hall–Kier alpha value is -0.610.